The van der Waals surface area contributed by atoms with Crippen LogP contribution in [0.4, 0.5) is 11.4 Å². The Morgan fingerprint density at radius 2 is 1.85 bits per heavy atom. The van der Waals surface area contributed by atoms with Gasteiger partial charge >= 0.3 is 0 Å². The van der Waals surface area contributed by atoms with Crippen molar-refractivity contribution in [1.29, 1.82) is 0 Å². The van der Waals surface area contributed by atoms with Crippen molar-refractivity contribution in [3.63, 3.8) is 0 Å². The van der Waals surface area contributed by atoms with Gasteiger partial charge in [0, 0.05) is 16.3 Å². The van der Waals surface area contributed by atoms with E-state index in [-0.39, 0.29) is 22.0 Å². The normalized spacial score (nSPS) is 18.6. The van der Waals surface area contributed by atoms with E-state index in [1.807, 2.05) is 6.92 Å². The fourth-order valence-electron chi connectivity index (χ4n) is 2.75. The maximum Gasteiger partial charge on any atom is 0.255 e. The number of aryl methyl sites for hydroxylation is 1. The van der Waals surface area contributed by atoms with Crippen molar-refractivity contribution in [2.75, 3.05) is 15.4 Å². The molecule has 1 fully saturated rings. The highest BCUT2D eigenvalue weighted by molar-refractivity contribution is 7.94. The van der Waals surface area contributed by atoms with Gasteiger partial charge in [-0.2, -0.15) is 0 Å². The molecule has 0 bridgehead atoms. The summed E-state index contributed by atoms with van der Waals surface area (Å²) in [5.74, 6) is -2.01. The van der Waals surface area contributed by atoms with Gasteiger partial charge in [0.1, 0.15) is 0 Å². The molecule has 0 aromatic heterocycles. The molecule has 2 aromatic rings. The van der Waals surface area contributed by atoms with Crippen molar-refractivity contribution < 1.29 is 18.0 Å². The first-order chi connectivity index (χ1) is 12.6. The summed E-state index contributed by atoms with van der Waals surface area (Å²) >= 11 is 12.2. The Bertz CT molecular complexity index is 1050. The maximum atomic E-state index is 12.5. The number of hydrogen-bond acceptors (Lipinski definition) is 4. The molecule has 1 aliphatic rings. The van der Waals surface area contributed by atoms with Crippen LogP contribution in [0.5, 0.6) is 0 Å². The van der Waals surface area contributed by atoms with E-state index in [0.717, 1.165) is 5.56 Å². The molecule has 27 heavy (non-hydrogen) atoms. The van der Waals surface area contributed by atoms with Gasteiger partial charge < -0.3 is 5.32 Å². The monoisotopic (exact) mass is 426 g/mol. The first-order valence-electron chi connectivity index (χ1n) is 8.04. The summed E-state index contributed by atoms with van der Waals surface area (Å²) < 4.78 is 25.3. The molecule has 1 unspecified atom stereocenters. The van der Waals surface area contributed by atoms with Gasteiger partial charge in [0.25, 0.3) is 5.91 Å². The lowest BCUT2D eigenvalue weighted by atomic mass is 10.1. The Balaban J connectivity index is 1.94. The van der Waals surface area contributed by atoms with Crippen molar-refractivity contribution in [2.45, 2.75) is 13.8 Å². The number of halogens is 2. The van der Waals surface area contributed by atoms with Crippen LogP contribution in [0.1, 0.15) is 22.8 Å². The average Bonchev–Trinajstić information content (AvgIpc) is 2.79. The molecular weight excluding hydrogens is 411 g/mol. The van der Waals surface area contributed by atoms with Crippen molar-refractivity contribution in [1.82, 2.24) is 0 Å². The van der Waals surface area contributed by atoms with Crippen molar-refractivity contribution >= 4 is 56.4 Å². The second-order valence-corrected chi connectivity index (χ2v) is 9.04. The minimum absolute atomic E-state index is 0.0272. The van der Waals surface area contributed by atoms with Gasteiger partial charge in [-0.1, -0.05) is 36.2 Å². The fraction of sp³-hybridized carbons (Fsp3) is 0.222. The highest BCUT2D eigenvalue weighted by Gasteiger charge is 2.43. The summed E-state index contributed by atoms with van der Waals surface area (Å²) in [5.41, 5.74) is 1.50. The molecule has 0 radical (unpaired) electrons. The molecule has 0 spiro atoms. The Morgan fingerprint density at radius 3 is 2.44 bits per heavy atom. The lowest BCUT2D eigenvalue weighted by Gasteiger charge is -2.18. The summed E-state index contributed by atoms with van der Waals surface area (Å²) in [6, 6.07) is 9.21. The molecule has 1 aliphatic heterocycles. The fourth-order valence-corrected chi connectivity index (χ4v) is 5.01. The van der Waals surface area contributed by atoms with Gasteiger partial charge in [0.15, 0.2) is 0 Å². The molecule has 0 aliphatic carbocycles. The van der Waals surface area contributed by atoms with E-state index in [4.69, 9.17) is 23.2 Å². The number of sulfonamides is 1. The number of nitrogens with zero attached hydrogens (tertiary/aromatic N) is 1. The quantitative estimate of drug-likeness (QED) is 0.806. The van der Waals surface area contributed by atoms with Crippen LogP contribution in [0.25, 0.3) is 0 Å². The lowest BCUT2D eigenvalue weighted by Crippen LogP contribution is -2.30. The van der Waals surface area contributed by atoms with E-state index < -0.39 is 27.8 Å². The number of carbonyl (C=O) groups is 2. The van der Waals surface area contributed by atoms with E-state index in [1.54, 1.807) is 18.2 Å². The molecule has 142 valence electrons. The molecule has 3 rings (SSSR count). The third-order valence-electron chi connectivity index (χ3n) is 4.22. The van der Waals surface area contributed by atoms with Crippen LogP contribution < -0.4 is 9.62 Å². The van der Waals surface area contributed by atoms with E-state index in [9.17, 15) is 18.0 Å². The summed E-state index contributed by atoms with van der Waals surface area (Å²) in [7, 11) is -3.82. The Labute approximate surface area is 167 Å². The van der Waals surface area contributed by atoms with Crippen LogP contribution in [0.15, 0.2) is 36.4 Å². The maximum absolute atomic E-state index is 12.5. The third kappa shape index (κ3) is 3.81. The standard InChI is InChI=1S/C18H16Cl2N2O4S/c1-10-3-5-13(8-15(10)20)21-17(23)12-4-6-14(19)16(7-12)22-18(24)11(2)9-27(22,25)26/h3-8,11H,9H2,1-2H3,(H,21,23). The van der Waals surface area contributed by atoms with Gasteiger partial charge in [0.05, 0.1) is 22.4 Å². The number of amides is 2. The van der Waals surface area contributed by atoms with Crippen LogP contribution in [-0.2, 0) is 14.8 Å². The van der Waals surface area contributed by atoms with Gasteiger partial charge in [-0.15, -0.1) is 0 Å². The van der Waals surface area contributed by atoms with Crippen LogP contribution in [-0.4, -0.2) is 26.0 Å². The predicted octanol–water partition coefficient (Wildman–Crippen LogP) is 3.87. The number of carbonyl (C=O) groups excluding carboxylic acids is 2. The summed E-state index contributed by atoms with van der Waals surface area (Å²) in [5, 5.41) is 3.26. The zero-order valence-corrected chi connectivity index (χ0v) is 16.8. The van der Waals surface area contributed by atoms with E-state index in [1.165, 1.54) is 25.1 Å². The van der Waals surface area contributed by atoms with Gasteiger partial charge in [-0.25, -0.2) is 12.7 Å². The number of benzene rings is 2. The highest BCUT2D eigenvalue weighted by Crippen LogP contribution is 2.34. The molecule has 2 amide bonds. The molecule has 1 N–H and O–H groups in total. The van der Waals surface area contributed by atoms with Crippen LogP contribution in [0.2, 0.25) is 10.0 Å². The smallest absolute Gasteiger partial charge is 0.255 e. The SMILES string of the molecule is Cc1ccc(NC(=O)c2ccc(Cl)c(N3C(=O)C(C)CS3(=O)=O)c2)cc1Cl. The number of anilines is 2. The topological polar surface area (TPSA) is 83.6 Å². The third-order valence-corrected chi connectivity index (χ3v) is 6.80. The number of hydrogen-bond donors (Lipinski definition) is 1. The molecule has 0 saturated carbocycles. The summed E-state index contributed by atoms with van der Waals surface area (Å²) in [6.07, 6.45) is 0. The molecular formula is C18H16Cl2N2O4S. The lowest BCUT2D eigenvalue weighted by molar-refractivity contribution is -0.119. The molecule has 1 atom stereocenters. The Kier molecular flexibility index (Phi) is 5.20. The molecule has 6 nitrogen and oxygen atoms in total. The number of rotatable bonds is 3. The summed E-state index contributed by atoms with van der Waals surface area (Å²) in [4.78, 5) is 24.8. The van der Waals surface area contributed by atoms with Crippen LogP contribution in [0.3, 0.4) is 0 Å². The van der Waals surface area contributed by atoms with E-state index in [0.29, 0.717) is 15.0 Å². The first kappa shape index (κ1) is 19.7. The van der Waals surface area contributed by atoms with Crippen molar-refractivity contribution in [2.24, 2.45) is 5.92 Å². The summed E-state index contributed by atoms with van der Waals surface area (Å²) in [6.45, 7) is 3.37. The van der Waals surface area contributed by atoms with Gasteiger partial charge in [-0.05, 0) is 42.8 Å². The second kappa shape index (κ2) is 7.14. The molecule has 9 heteroatoms. The second-order valence-electron chi connectivity index (χ2n) is 6.37. The largest absolute Gasteiger partial charge is 0.322 e. The van der Waals surface area contributed by atoms with Crippen molar-refractivity contribution in [3.8, 4) is 0 Å². The molecule has 2 aromatic carbocycles. The van der Waals surface area contributed by atoms with Crippen LogP contribution >= 0.6 is 23.2 Å². The zero-order chi connectivity index (χ0) is 19.9. The van der Waals surface area contributed by atoms with Gasteiger partial charge in [0.2, 0.25) is 15.9 Å². The minimum Gasteiger partial charge on any atom is -0.322 e. The zero-order valence-electron chi connectivity index (χ0n) is 14.5. The number of nitrogens with one attached hydrogen (secondary N) is 1. The molecule has 1 heterocycles. The minimum atomic E-state index is -3.82. The van der Waals surface area contributed by atoms with E-state index >= 15 is 0 Å². The molecule has 1 saturated heterocycles. The van der Waals surface area contributed by atoms with Crippen LogP contribution in [0, 0.1) is 12.8 Å². The van der Waals surface area contributed by atoms with Gasteiger partial charge in [-0.3, -0.25) is 9.59 Å². The highest BCUT2D eigenvalue weighted by atomic mass is 35.5. The Morgan fingerprint density at radius 1 is 1.15 bits per heavy atom. The van der Waals surface area contributed by atoms with Crippen molar-refractivity contribution in [3.05, 3.63) is 57.6 Å². The first-order valence-corrected chi connectivity index (χ1v) is 10.4. The Hall–Kier alpha value is -2.09. The predicted molar refractivity (Wildman–Crippen MR) is 106 cm³/mol. The average molecular weight is 427 g/mol. The van der Waals surface area contributed by atoms with E-state index in [2.05, 4.69) is 5.32 Å².